The highest BCUT2D eigenvalue weighted by Gasteiger charge is 2.15. The number of amidine groups is 1. The lowest BCUT2D eigenvalue weighted by Gasteiger charge is -2.17. The summed E-state index contributed by atoms with van der Waals surface area (Å²) in [7, 11) is 0. The minimum atomic E-state index is -0.0872. The Hall–Kier alpha value is -1.20. The van der Waals surface area contributed by atoms with Gasteiger partial charge in [0.05, 0.1) is 5.92 Å². The first-order valence-corrected chi connectivity index (χ1v) is 7.73. The third kappa shape index (κ3) is 5.53. The van der Waals surface area contributed by atoms with Gasteiger partial charge >= 0.3 is 0 Å². The van der Waals surface area contributed by atoms with Crippen molar-refractivity contribution >= 4 is 17.6 Å². The second-order valence-corrected chi connectivity index (χ2v) is 5.80. The maximum absolute atomic E-state index is 8.88. The number of nitrogens with one attached hydrogen (secondary N) is 1. The second kappa shape index (κ2) is 8.82. The number of oxime groups is 1. The van der Waals surface area contributed by atoms with Gasteiger partial charge in [-0.05, 0) is 24.8 Å². The van der Waals surface area contributed by atoms with Crippen LogP contribution in [-0.2, 0) is 0 Å². The van der Waals surface area contributed by atoms with Crippen molar-refractivity contribution in [2.24, 2.45) is 10.9 Å². The molecule has 0 bridgehead atoms. The summed E-state index contributed by atoms with van der Waals surface area (Å²) in [5.74, 6) is 0.160. The topological polar surface area (TPSA) is 70.6 Å². The molecule has 0 saturated carbocycles. The molecule has 0 aromatic heterocycles. The van der Waals surface area contributed by atoms with Crippen molar-refractivity contribution in [3.63, 3.8) is 0 Å². The molecule has 106 valence electrons. The Morgan fingerprint density at radius 2 is 2.11 bits per heavy atom. The first-order chi connectivity index (χ1) is 9.19. The zero-order valence-corrected chi connectivity index (χ0v) is 12.4. The first-order valence-electron chi connectivity index (χ1n) is 6.45. The Balaban J connectivity index is 2.53. The number of hydrogen-bond donors (Lipinski definition) is 3. The lowest BCUT2D eigenvalue weighted by Crippen LogP contribution is -2.32. The van der Waals surface area contributed by atoms with E-state index in [1.807, 2.05) is 42.1 Å². The third-order valence-corrected chi connectivity index (χ3v) is 4.19. The van der Waals surface area contributed by atoms with E-state index in [1.165, 1.54) is 0 Å². The van der Waals surface area contributed by atoms with Crippen LogP contribution in [0.4, 0.5) is 0 Å². The van der Waals surface area contributed by atoms with Crippen molar-refractivity contribution < 1.29 is 5.21 Å². The van der Waals surface area contributed by atoms with E-state index >= 15 is 0 Å². The summed E-state index contributed by atoms with van der Waals surface area (Å²) in [6.07, 6.45) is 3.23. The van der Waals surface area contributed by atoms with Crippen molar-refractivity contribution in [2.75, 3.05) is 19.3 Å². The summed E-state index contributed by atoms with van der Waals surface area (Å²) in [6.45, 7) is 3.83. The van der Waals surface area contributed by atoms with Crippen LogP contribution in [0.2, 0.25) is 0 Å². The number of thioether (sulfide) groups is 1. The van der Waals surface area contributed by atoms with Crippen molar-refractivity contribution in [1.82, 2.24) is 5.32 Å². The van der Waals surface area contributed by atoms with Crippen LogP contribution in [0.15, 0.2) is 35.5 Å². The Bertz CT molecular complexity index is 384. The quantitative estimate of drug-likeness (QED) is 0.225. The predicted octanol–water partition coefficient (Wildman–Crippen LogP) is 2.25. The molecule has 4 N–H and O–H groups in total. The smallest absolute Gasteiger partial charge is 0.147 e. The van der Waals surface area contributed by atoms with Crippen LogP contribution in [-0.4, -0.2) is 35.6 Å². The average molecular weight is 281 g/mol. The predicted molar refractivity (Wildman–Crippen MR) is 83.1 cm³/mol. The molecule has 0 aliphatic rings. The lowest BCUT2D eigenvalue weighted by atomic mass is 9.98. The molecule has 4 nitrogen and oxygen atoms in total. The molecule has 0 fully saturated rings. The summed E-state index contributed by atoms with van der Waals surface area (Å²) in [6, 6.07) is 9.87. The minimum Gasteiger partial charge on any atom is -0.409 e. The molecule has 1 rings (SSSR count). The fraction of sp³-hybridized carbons (Fsp3) is 0.500. The van der Waals surface area contributed by atoms with Crippen LogP contribution in [0.3, 0.4) is 0 Å². The minimum absolute atomic E-state index is 0.0872. The molecule has 5 heteroatoms. The molecule has 1 aromatic carbocycles. The number of nitrogens with zero attached hydrogens (tertiary/aromatic N) is 1. The zero-order valence-electron chi connectivity index (χ0n) is 11.5. The van der Waals surface area contributed by atoms with Gasteiger partial charge in [-0.3, -0.25) is 0 Å². The zero-order chi connectivity index (χ0) is 14.1. The van der Waals surface area contributed by atoms with Gasteiger partial charge in [0.1, 0.15) is 5.84 Å². The molecule has 0 aliphatic heterocycles. The van der Waals surface area contributed by atoms with E-state index in [0.717, 1.165) is 18.5 Å². The van der Waals surface area contributed by atoms with E-state index in [1.54, 1.807) is 0 Å². The average Bonchev–Trinajstić information content (AvgIpc) is 2.47. The van der Waals surface area contributed by atoms with Crippen molar-refractivity contribution in [1.29, 1.82) is 0 Å². The van der Waals surface area contributed by atoms with Crippen molar-refractivity contribution in [3.05, 3.63) is 35.9 Å². The third-order valence-electron chi connectivity index (χ3n) is 3.15. The van der Waals surface area contributed by atoms with Crippen LogP contribution in [0.5, 0.6) is 0 Å². The van der Waals surface area contributed by atoms with Gasteiger partial charge in [0.25, 0.3) is 0 Å². The normalized spacial score (nSPS) is 15.2. The van der Waals surface area contributed by atoms with Gasteiger partial charge in [0.2, 0.25) is 0 Å². The Morgan fingerprint density at radius 3 is 2.68 bits per heavy atom. The molecular weight excluding hydrogens is 258 g/mol. The molecular formula is C14H23N3OS. The van der Waals surface area contributed by atoms with Gasteiger partial charge in [-0.15, -0.1) is 0 Å². The highest BCUT2D eigenvalue weighted by Crippen LogP contribution is 2.15. The lowest BCUT2D eigenvalue weighted by molar-refractivity contribution is 0.315. The maximum atomic E-state index is 8.88. The van der Waals surface area contributed by atoms with Crippen LogP contribution >= 0.6 is 11.8 Å². The number of benzene rings is 1. The molecule has 19 heavy (non-hydrogen) atoms. The Labute approximate surface area is 119 Å². The Morgan fingerprint density at radius 1 is 1.42 bits per heavy atom. The van der Waals surface area contributed by atoms with Crippen molar-refractivity contribution in [2.45, 2.75) is 24.5 Å². The monoisotopic (exact) mass is 281 g/mol. The van der Waals surface area contributed by atoms with E-state index in [4.69, 9.17) is 10.9 Å². The fourth-order valence-electron chi connectivity index (χ4n) is 1.82. The molecule has 2 unspecified atom stereocenters. The van der Waals surface area contributed by atoms with Crippen LogP contribution in [0.1, 0.15) is 24.8 Å². The number of nitrogens with two attached hydrogens (primary N) is 1. The molecule has 0 radical (unpaired) electrons. The van der Waals surface area contributed by atoms with E-state index in [9.17, 15) is 0 Å². The second-order valence-electron chi connectivity index (χ2n) is 4.53. The van der Waals surface area contributed by atoms with Gasteiger partial charge in [-0.25, -0.2) is 0 Å². The number of hydrogen-bond acceptors (Lipinski definition) is 4. The van der Waals surface area contributed by atoms with Gasteiger partial charge in [0, 0.05) is 11.8 Å². The molecule has 0 saturated heterocycles. The summed E-state index contributed by atoms with van der Waals surface area (Å²) < 4.78 is 0. The standard InChI is InChI=1S/C14H23N3OS/c1-11(19-2)8-9-16-10-13(14(15)17-18)12-6-4-3-5-7-12/h3-7,11,13,16,18H,8-10H2,1-2H3,(H2,15,17). The van der Waals surface area contributed by atoms with Crippen LogP contribution in [0, 0.1) is 0 Å². The van der Waals surface area contributed by atoms with Crippen molar-refractivity contribution in [3.8, 4) is 0 Å². The first kappa shape index (κ1) is 15.9. The molecule has 0 aliphatic carbocycles. The molecule has 2 atom stereocenters. The highest BCUT2D eigenvalue weighted by molar-refractivity contribution is 7.99. The van der Waals surface area contributed by atoms with Gasteiger partial charge in [-0.2, -0.15) is 11.8 Å². The maximum Gasteiger partial charge on any atom is 0.147 e. The molecule has 0 heterocycles. The molecule has 1 aromatic rings. The summed E-state index contributed by atoms with van der Waals surface area (Å²) in [5, 5.41) is 16.1. The van der Waals surface area contributed by atoms with Gasteiger partial charge in [0.15, 0.2) is 0 Å². The van der Waals surface area contributed by atoms with E-state index in [-0.39, 0.29) is 11.8 Å². The molecule has 0 amide bonds. The van der Waals surface area contributed by atoms with Crippen LogP contribution in [0.25, 0.3) is 0 Å². The summed E-state index contributed by atoms with van der Waals surface area (Å²) in [5.41, 5.74) is 6.83. The van der Waals surface area contributed by atoms with Gasteiger partial charge in [-0.1, -0.05) is 42.4 Å². The highest BCUT2D eigenvalue weighted by atomic mass is 32.2. The van der Waals surface area contributed by atoms with E-state index in [2.05, 4.69) is 23.7 Å². The largest absolute Gasteiger partial charge is 0.409 e. The summed E-state index contributed by atoms with van der Waals surface area (Å²) in [4.78, 5) is 0. The van der Waals surface area contributed by atoms with E-state index in [0.29, 0.717) is 11.8 Å². The fourth-order valence-corrected chi connectivity index (χ4v) is 2.17. The molecule has 0 spiro atoms. The Kier molecular flexibility index (Phi) is 7.36. The SMILES string of the molecule is CSC(C)CCNCC(/C(N)=N/O)c1ccccc1. The van der Waals surface area contributed by atoms with E-state index < -0.39 is 0 Å². The van der Waals surface area contributed by atoms with Gasteiger partial charge < -0.3 is 16.3 Å². The van der Waals surface area contributed by atoms with Crippen LogP contribution < -0.4 is 11.1 Å². The number of rotatable bonds is 8. The summed E-state index contributed by atoms with van der Waals surface area (Å²) >= 11 is 1.86.